The van der Waals surface area contributed by atoms with Gasteiger partial charge in [0.25, 0.3) is 0 Å². The number of furan rings is 1. The highest BCUT2D eigenvalue weighted by molar-refractivity contribution is 5.46. The van der Waals surface area contributed by atoms with Crippen molar-refractivity contribution in [2.45, 2.75) is 13.0 Å². The number of anilines is 1. The lowest BCUT2D eigenvalue weighted by atomic mass is 10.2. The van der Waals surface area contributed by atoms with Gasteiger partial charge in [-0.05, 0) is 43.3 Å². The Hall–Kier alpha value is -2.63. The third-order valence-corrected chi connectivity index (χ3v) is 2.78. The Morgan fingerprint density at radius 2 is 2.00 bits per heavy atom. The predicted molar refractivity (Wildman–Crippen MR) is 70.4 cm³/mol. The Morgan fingerprint density at radius 3 is 2.70 bits per heavy atom. The number of nitrogens with zero attached hydrogens (tertiary/aromatic N) is 2. The van der Waals surface area contributed by atoms with E-state index in [9.17, 15) is 4.39 Å². The Morgan fingerprint density at radius 1 is 1.20 bits per heavy atom. The largest absolute Gasteiger partial charge is 0.461 e. The summed E-state index contributed by atoms with van der Waals surface area (Å²) in [6.07, 6.45) is 1.55. The van der Waals surface area contributed by atoms with Crippen molar-refractivity contribution in [3.05, 3.63) is 54.4 Å². The molecule has 6 heteroatoms. The van der Waals surface area contributed by atoms with Gasteiger partial charge in [-0.2, -0.15) is 4.98 Å². The molecule has 0 saturated heterocycles. The van der Waals surface area contributed by atoms with Gasteiger partial charge in [0, 0.05) is 5.69 Å². The van der Waals surface area contributed by atoms with Crippen LogP contribution in [0.25, 0.3) is 11.6 Å². The van der Waals surface area contributed by atoms with Gasteiger partial charge in [-0.1, -0.05) is 5.16 Å². The third kappa shape index (κ3) is 2.54. The molecule has 0 aliphatic heterocycles. The first-order valence-corrected chi connectivity index (χ1v) is 6.12. The molecule has 2 heterocycles. The van der Waals surface area contributed by atoms with E-state index in [1.54, 1.807) is 30.5 Å². The summed E-state index contributed by atoms with van der Waals surface area (Å²) in [5, 5.41) is 7.01. The van der Waals surface area contributed by atoms with Gasteiger partial charge in [0.15, 0.2) is 5.76 Å². The number of hydrogen-bond donors (Lipinski definition) is 1. The van der Waals surface area contributed by atoms with Crippen LogP contribution in [0.15, 0.2) is 51.6 Å². The summed E-state index contributed by atoms with van der Waals surface area (Å²) in [5.41, 5.74) is 0.775. The van der Waals surface area contributed by atoms with Crippen LogP contribution in [-0.4, -0.2) is 10.1 Å². The van der Waals surface area contributed by atoms with E-state index in [1.165, 1.54) is 12.1 Å². The molecule has 1 N–H and O–H groups in total. The smallest absolute Gasteiger partial charge is 0.249 e. The lowest BCUT2D eigenvalue weighted by molar-refractivity contribution is 0.367. The number of rotatable bonds is 4. The molecule has 0 unspecified atom stereocenters. The van der Waals surface area contributed by atoms with Crippen LogP contribution in [0.5, 0.6) is 0 Å². The number of halogens is 1. The Kier molecular flexibility index (Phi) is 3.20. The molecular formula is C14H12FN3O2. The number of benzene rings is 1. The minimum absolute atomic E-state index is 0.198. The van der Waals surface area contributed by atoms with Crippen molar-refractivity contribution in [3.8, 4) is 11.6 Å². The summed E-state index contributed by atoms with van der Waals surface area (Å²) >= 11 is 0. The maximum Gasteiger partial charge on any atom is 0.249 e. The first-order chi connectivity index (χ1) is 9.72. The molecule has 2 aromatic heterocycles. The van der Waals surface area contributed by atoms with E-state index in [0.717, 1.165) is 5.69 Å². The van der Waals surface area contributed by atoms with Crippen LogP contribution < -0.4 is 5.32 Å². The molecule has 0 fully saturated rings. The molecule has 3 rings (SSSR count). The predicted octanol–water partition coefficient (Wildman–Crippen LogP) is 3.64. The lowest BCUT2D eigenvalue weighted by Crippen LogP contribution is -2.06. The van der Waals surface area contributed by atoms with Crippen LogP contribution in [0.3, 0.4) is 0 Å². The van der Waals surface area contributed by atoms with Crippen LogP contribution in [0.2, 0.25) is 0 Å². The van der Waals surface area contributed by atoms with Crippen LogP contribution in [-0.2, 0) is 0 Å². The standard InChI is InChI=1S/C14H12FN3O2/c1-9(16-11-6-4-10(15)5-7-11)14-17-13(18-20-14)12-3-2-8-19-12/h2-9,16H,1H3/t9-/m1/s1. The average Bonchev–Trinajstić information content (AvgIpc) is 3.11. The molecule has 0 saturated carbocycles. The normalized spacial score (nSPS) is 12.3. The van der Waals surface area contributed by atoms with E-state index in [4.69, 9.17) is 8.94 Å². The molecule has 0 bridgehead atoms. The van der Waals surface area contributed by atoms with Gasteiger partial charge in [0.1, 0.15) is 11.9 Å². The van der Waals surface area contributed by atoms with Gasteiger partial charge >= 0.3 is 0 Å². The van der Waals surface area contributed by atoms with E-state index >= 15 is 0 Å². The van der Waals surface area contributed by atoms with E-state index < -0.39 is 0 Å². The summed E-state index contributed by atoms with van der Waals surface area (Å²) in [4.78, 5) is 4.26. The average molecular weight is 273 g/mol. The molecule has 5 nitrogen and oxygen atoms in total. The molecular weight excluding hydrogens is 261 g/mol. The quantitative estimate of drug-likeness (QED) is 0.786. The number of nitrogens with one attached hydrogen (secondary N) is 1. The van der Waals surface area contributed by atoms with E-state index in [1.807, 2.05) is 6.92 Å². The van der Waals surface area contributed by atoms with Crippen LogP contribution in [0.1, 0.15) is 18.9 Å². The molecule has 1 atom stereocenters. The van der Waals surface area contributed by atoms with Crippen molar-refractivity contribution in [3.63, 3.8) is 0 Å². The Balaban J connectivity index is 1.74. The van der Waals surface area contributed by atoms with Crippen LogP contribution >= 0.6 is 0 Å². The van der Waals surface area contributed by atoms with E-state index in [-0.39, 0.29) is 11.9 Å². The monoisotopic (exact) mass is 273 g/mol. The van der Waals surface area contributed by atoms with Gasteiger partial charge in [0.05, 0.1) is 6.26 Å². The van der Waals surface area contributed by atoms with Gasteiger partial charge in [-0.25, -0.2) is 4.39 Å². The zero-order chi connectivity index (χ0) is 13.9. The summed E-state index contributed by atoms with van der Waals surface area (Å²) in [6, 6.07) is 9.38. The first-order valence-electron chi connectivity index (χ1n) is 6.12. The molecule has 102 valence electrons. The summed E-state index contributed by atoms with van der Waals surface area (Å²) < 4.78 is 23.2. The number of aromatic nitrogens is 2. The maximum atomic E-state index is 12.8. The van der Waals surface area contributed by atoms with E-state index in [0.29, 0.717) is 17.5 Å². The topological polar surface area (TPSA) is 64.1 Å². The van der Waals surface area contributed by atoms with Gasteiger partial charge in [-0.3, -0.25) is 0 Å². The van der Waals surface area contributed by atoms with Crippen molar-refractivity contribution in [2.24, 2.45) is 0 Å². The van der Waals surface area contributed by atoms with Crippen LogP contribution in [0, 0.1) is 5.82 Å². The fourth-order valence-corrected chi connectivity index (χ4v) is 1.77. The summed E-state index contributed by atoms with van der Waals surface area (Å²) in [7, 11) is 0. The summed E-state index contributed by atoms with van der Waals surface area (Å²) in [5.74, 6) is 1.11. The fraction of sp³-hybridized carbons (Fsp3) is 0.143. The minimum Gasteiger partial charge on any atom is -0.461 e. The van der Waals surface area contributed by atoms with E-state index in [2.05, 4.69) is 15.5 Å². The molecule has 20 heavy (non-hydrogen) atoms. The highest BCUT2D eigenvalue weighted by atomic mass is 19.1. The first kappa shape index (κ1) is 12.4. The molecule has 1 aromatic carbocycles. The van der Waals surface area contributed by atoms with Gasteiger partial charge in [-0.15, -0.1) is 0 Å². The highest BCUT2D eigenvalue weighted by Gasteiger charge is 2.16. The summed E-state index contributed by atoms with van der Waals surface area (Å²) in [6.45, 7) is 1.88. The molecule has 0 radical (unpaired) electrons. The van der Waals surface area contributed by atoms with Crippen molar-refractivity contribution in [1.82, 2.24) is 10.1 Å². The molecule has 0 aliphatic rings. The highest BCUT2D eigenvalue weighted by Crippen LogP contribution is 2.21. The Bertz CT molecular complexity index is 677. The van der Waals surface area contributed by atoms with Crippen molar-refractivity contribution >= 4 is 5.69 Å². The fourth-order valence-electron chi connectivity index (χ4n) is 1.77. The maximum absolute atomic E-state index is 12.8. The molecule has 3 aromatic rings. The zero-order valence-electron chi connectivity index (χ0n) is 10.7. The molecule has 0 spiro atoms. The lowest BCUT2D eigenvalue weighted by Gasteiger charge is -2.10. The van der Waals surface area contributed by atoms with Gasteiger partial charge < -0.3 is 14.3 Å². The second-order valence-corrected chi connectivity index (χ2v) is 4.31. The van der Waals surface area contributed by atoms with Gasteiger partial charge in [0.2, 0.25) is 11.7 Å². The minimum atomic E-state index is -0.277. The second-order valence-electron chi connectivity index (χ2n) is 4.31. The van der Waals surface area contributed by atoms with Crippen molar-refractivity contribution in [1.29, 1.82) is 0 Å². The van der Waals surface area contributed by atoms with Crippen molar-refractivity contribution in [2.75, 3.05) is 5.32 Å². The third-order valence-electron chi connectivity index (χ3n) is 2.78. The SMILES string of the molecule is C[C@@H](Nc1ccc(F)cc1)c1nc(-c2ccco2)no1. The van der Waals surface area contributed by atoms with Crippen LogP contribution in [0.4, 0.5) is 10.1 Å². The Labute approximate surface area is 114 Å². The molecule has 0 aliphatic carbocycles. The molecule has 0 amide bonds. The number of hydrogen-bond acceptors (Lipinski definition) is 5. The van der Waals surface area contributed by atoms with Crippen molar-refractivity contribution < 1.29 is 13.3 Å². The zero-order valence-corrected chi connectivity index (χ0v) is 10.7. The second kappa shape index (κ2) is 5.16.